The van der Waals surface area contributed by atoms with E-state index in [9.17, 15) is 27.9 Å². The van der Waals surface area contributed by atoms with E-state index in [2.05, 4.69) is 15.3 Å². The Labute approximate surface area is 240 Å². The Morgan fingerprint density at radius 2 is 1.63 bits per heavy atom. The number of carboxylic acid groups (broad SMARTS) is 1. The molecule has 216 valence electrons. The van der Waals surface area contributed by atoms with Gasteiger partial charge in [-0.2, -0.15) is 13.2 Å². The average Bonchev–Trinajstić information content (AvgIpc) is 3.33. The van der Waals surface area contributed by atoms with Gasteiger partial charge < -0.3 is 26.2 Å². The number of amides is 1. The Morgan fingerprint density at radius 3 is 2.24 bits per heavy atom. The monoisotopic (exact) mass is 608 g/mol. The third-order valence-corrected chi connectivity index (χ3v) is 6.67. The highest BCUT2D eigenvalue weighted by Gasteiger charge is 2.38. The molecule has 0 spiro atoms. The first-order chi connectivity index (χ1) is 19.3. The highest BCUT2D eigenvalue weighted by molar-refractivity contribution is 8.13. The third kappa shape index (κ3) is 9.52. The number of phenols is 1. The molecule has 4 rings (SSSR count). The maximum atomic E-state index is 13.2. The molecule has 0 fully saturated rings. The number of aromatic amines is 1. The fraction of sp³-hybridized carbons (Fsp3) is 0.185. The van der Waals surface area contributed by atoms with Crippen LogP contribution in [-0.4, -0.2) is 55.4 Å². The number of rotatable bonds is 8. The molecule has 41 heavy (non-hydrogen) atoms. The van der Waals surface area contributed by atoms with Crippen molar-refractivity contribution in [1.29, 1.82) is 0 Å². The molecule has 0 aliphatic rings. The van der Waals surface area contributed by atoms with Gasteiger partial charge in [0.1, 0.15) is 11.8 Å². The van der Waals surface area contributed by atoms with E-state index < -0.39 is 30.1 Å². The van der Waals surface area contributed by atoms with Crippen molar-refractivity contribution in [2.24, 2.45) is 5.73 Å². The third-order valence-electron chi connectivity index (χ3n) is 5.50. The molecule has 1 amide bonds. The molecule has 0 bridgehead atoms. The summed E-state index contributed by atoms with van der Waals surface area (Å²) in [6.45, 7) is 0. The number of carbonyl (C=O) groups is 3. The van der Waals surface area contributed by atoms with E-state index in [-0.39, 0.29) is 22.3 Å². The maximum Gasteiger partial charge on any atom is 0.490 e. The topological polar surface area (TPSA) is 158 Å². The molecule has 14 heteroatoms. The molecule has 0 radical (unpaired) electrons. The number of carbonyl (C=O) groups excluding carboxylic acids is 2. The SMILES string of the molecule is N[C@@H](Cc1ccc(O)c(Cl)c1)C(=O)N[C@H](Cc1ccccc1)C(=O)Sc1nc2ccccc2[nH]1.O=C(O)C(F)(F)F. The van der Waals surface area contributed by atoms with Crippen molar-refractivity contribution >= 4 is 51.4 Å². The number of para-hydroxylation sites is 2. The average molecular weight is 609 g/mol. The minimum absolute atomic E-state index is 0.0421. The van der Waals surface area contributed by atoms with Gasteiger partial charge in [0, 0.05) is 6.42 Å². The van der Waals surface area contributed by atoms with Gasteiger partial charge in [0.25, 0.3) is 0 Å². The minimum atomic E-state index is -5.08. The Bertz CT molecular complexity index is 1480. The second kappa shape index (κ2) is 14.0. The van der Waals surface area contributed by atoms with Crippen LogP contribution in [0.2, 0.25) is 5.02 Å². The number of thioether (sulfide) groups is 1. The number of aliphatic carboxylic acids is 1. The molecule has 0 aliphatic heterocycles. The molecule has 9 nitrogen and oxygen atoms in total. The fourth-order valence-electron chi connectivity index (χ4n) is 3.49. The summed E-state index contributed by atoms with van der Waals surface area (Å²) in [5.74, 6) is -3.25. The molecule has 6 N–H and O–H groups in total. The molecular formula is C27H24ClF3N4O5S. The van der Waals surface area contributed by atoms with Gasteiger partial charge in [-0.25, -0.2) is 9.78 Å². The number of phenolic OH excluding ortho intramolecular Hbond substituents is 1. The first kappa shape index (κ1) is 31.5. The zero-order chi connectivity index (χ0) is 30.2. The lowest BCUT2D eigenvalue weighted by atomic mass is 10.0. The number of nitrogens with one attached hydrogen (secondary N) is 2. The number of nitrogens with two attached hydrogens (primary N) is 1. The Morgan fingerprint density at radius 1 is 1.00 bits per heavy atom. The summed E-state index contributed by atoms with van der Waals surface area (Å²) < 4.78 is 31.7. The van der Waals surface area contributed by atoms with Crippen LogP contribution in [0.1, 0.15) is 11.1 Å². The van der Waals surface area contributed by atoms with Crippen molar-refractivity contribution < 1.29 is 37.8 Å². The Balaban J connectivity index is 0.000000587. The van der Waals surface area contributed by atoms with Gasteiger partial charge >= 0.3 is 12.1 Å². The number of nitrogens with zero attached hydrogens (tertiary/aromatic N) is 1. The van der Waals surface area contributed by atoms with Crippen LogP contribution in [0.3, 0.4) is 0 Å². The first-order valence-electron chi connectivity index (χ1n) is 11.9. The predicted molar refractivity (Wildman–Crippen MR) is 148 cm³/mol. The number of alkyl halides is 3. The number of H-pyrrole nitrogens is 1. The molecule has 4 aromatic rings. The van der Waals surface area contributed by atoms with Crippen molar-refractivity contribution in [2.75, 3.05) is 0 Å². The van der Waals surface area contributed by atoms with Crippen molar-refractivity contribution in [2.45, 2.75) is 36.3 Å². The molecule has 1 aromatic heterocycles. The highest BCUT2D eigenvalue weighted by atomic mass is 35.5. The number of carboxylic acids is 1. The van der Waals surface area contributed by atoms with Gasteiger partial charge in [0.05, 0.1) is 22.1 Å². The summed E-state index contributed by atoms with van der Waals surface area (Å²) >= 11 is 6.90. The quantitative estimate of drug-likeness (QED) is 0.183. The van der Waals surface area contributed by atoms with E-state index in [1.165, 1.54) is 6.07 Å². The summed E-state index contributed by atoms with van der Waals surface area (Å²) in [6.07, 6.45) is -4.56. The summed E-state index contributed by atoms with van der Waals surface area (Å²) in [5.41, 5.74) is 9.33. The lowest BCUT2D eigenvalue weighted by molar-refractivity contribution is -0.192. The Kier molecular flexibility index (Phi) is 10.8. The number of aromatic hydroxyl groups is 1. The van der Waals surface area contributed by atoms with Crippen molar-refractivity contribution in [3.05, 3.63) is 88.9 Å². The van der Waals surface area contributed by atoms with Crippen LogP contribution in [0.4, 0.5) is 13.2 Å². The number of hydrogen-bond donors (Lipinski definition) is 5. The van der Waals surface area contributed by atoms with E-state index in [0.29, 0.717) is 17.1 Å². The van der Waals surface area contributed by atoms with E-state index in [1.54, 1.807) is 12.1 Å². The summed E-state index contributed by atoms with van der Waals surface area (Å²) in [4.78, 5) is 42.6. The van der Waals surface area contributed by atoms with Crippen LogP contribution in [0, 0.1) is 0 Å². The van der Waals surface area contributed by atoms with Crippen LogP contribution in [0.15, 0.2) is 78.0 Å². The van der Waals surface area contributed by atoms with Gasteiger partial charge in [-0.15, -0.1) is 0 Å². The van der Waals surface area contributed by atoms with Gasteiger partial charge in [-0.3, -0.25) is 9.59 Å². The predicted octanol–water partition coefficient (Wildman–Crippen LogP) is 4.47. The zero-order valence-corrected chi connectivity index (χ0v) is 22.6. The number of imidazole rings is 1. The molecular weight excluding hydrogens is 585 g/mol. The van der Waals surface area contributed by atoms with Gasteiger partial charge in [-0.1, -0.05) is 60.1 Å². The van der Waals surface area contributed by atoms with Crippen molar-refractivity contribution in [3.8, 4) is 5.75 Å². The van der Waals surface area contributed by atoms with Gasteiger partial charge in [-0.05, 0) is 53.6 Å². The number of halogens is 4. The van der Waals surface area contributed by atoms with E-state index in [1.807, 2.05) is 54.6 Å². The highest BCUT2D eigenvalue weighted by Crippen LogP contribution is 2.25. The lowest BCUT2D eigenvalue weighted by Gasteiger charge is -2.20. The first-order valence-corrected chi connectivity index (χ1v) is 13.1. The van der Waals surface area contributed by atoms with E-state index >= 15 is 0 Å². The van der Waals surface area contributed by atoms with Crippen LogP contribution in [-0.2, 0) is 27.2 Å². The molecule has 2 atom stereocenters. The largest absolute Gasteiger partial charge is 0.506 e. The molecule has 1 heterocycles. The standard InChI is InChI=1S/C25H23ClN4O3S.C2HF3O2/c26-17-12-16(10-11-22(17)31)13-18(27)23(32)28-21(14-15-6-2-1-3-7-15)24(33)34-25-29-19-8-4-5-9-20(19)30-25;3-2(4,5)1(6)7/h1-12,18,21,31H,13-14,27H2,(H,28,32)(H,29,30);(H,6,7)/t18-,21+;/m0./s1. The van der Waals surface area contributed by atoms with Crippen LogP contribution in [0.5, 0.6) is 5.75 Å². The number of benzene rings is 3. The summed E-state index contributed by atoms with van der Waals surface area (Å²) in [7, 11) is 0. The fourth-order valence-corrected chi connectivity index (χ4v) is 4.47. The molecule has 0 unspecified atom stereocenters. The molecule has 0 aliphatic carbocycles. The molecule has 0 saturated heterocycles. The van der Waals surface area contributed by atoms with E-state index in [4.69, 9.17) is 27.2 Å². The van der Waals surface area contributed by atoms with E-state index in [0.717, 1.165) is 28.4 Å². The van der Waals surface area contributed by atoms with Crippen LogP contribution in [0.25, 0.3) is 11.0 Å². The van der Waals surface area contributed by atoms with Crippen molar-refractivity contribution in [1.82, 2.24) is 15.3 Å². The van der Waals surface area contributed by atoms with Crippen LogP contribution >= 0.6 is 23.4 Å². The van der Waals surface area contributed by atoms with Gasteiger partial charge in [0.15, 0.2) is 5.16 Å². The number of hydrogen-bond acceptors (Lipinski definition) is 7. The summed E-state index contributed by atoms with van der Waals surface area (Å²) in [6, 6.07) is 19.9. The second-order valence-electron chi connectivity index (χ2n) is 8.63. The van der Waals surface area contributed by atoms with Crippen LogP contribution < -0.4 is 11.1 Å². The van der Waals surface area contributed by atoms with Crippen molar-refractivity contribution in [3.63, 3.8) is 0 Å². The zero-order valence-electron chi connectivity index (χ0n) is 21.1. The minimum Gasteiger partial charge on any atom is -0.506 e. The summed E-state index contributed by atoms with van der Waals surface area (Å²) in [5, 5.41) is 19.9. The number of aromatic nitrogens is 2. The molecule has 0 saturated carbocycles. The van der Waals surface area contributed by atoms with Gasteiger partial charge in [0.2, 0.25) is 11.0 Å². The maximum absolute atomic E-state index is 13.2. The second-order valence-corrected chi connectivity index (χ2v) is 10.0. The lowest BCUT2D eigenvalue weighted by Crippen LogP contribution is -2.49. The Hall–Kier alpha value is -4.07. The normalized spacial score (nSPS) is 12.6. The smallest absolute Gasteiger partial charge is 0.490 e. The number of fused-ring (bicyclic) bond motifs is 1. The molecule has 3 aromatic carbocycles.